The molecule has 0 unspecified atom stereocenters. The van der Waals surface area contributed by atoms with Crippen molar-refractivity contribution in [3.63, 3.8) is 0 Å². The minimum absolute atomic E-state index is 0.0842. The maximum absolute atomic E-state index is 12.4. The summed E-state index contributed by atoms with van der Waals surface area (Å²) >= 11 is 6.52. The van der Waals surface area contributed by atoms with Gasteiger partial charge in [0.1, 0.15) is 9.84 Å². The molecule has 9 heteroatoms. The number of sulfonamides is 1. The molecule has 0 heterocycles. The van der Waals surface area contributed by atoms with Gasteiger partial charge in [0, 0.05) is 28.8 Å². The second-order valence-electron chi connectivity index (χ2n) is 4.49. The SMILES string of the molecule is Cc1cc(Br)c(S(=O)(=O)N(C)CCS(C)(=O)=O)cc1Br. The lowest BCUT2D eigenvalue weighted by Gasteiger charge is -2.18. The third-order valence-electron chi connectivity index (χ3n) is 2.68. The van der Waals surface area contributed by atoms with Gasteiger partial charge in [-0.3, -0.25) is 0 Å². The van der Waals surface area contributed by atoms with Crippen LogP contribution in [0.2, 0.25) is 0 Å². The van der Waals surface area contributed by atoms with Gasteiger partial charge in [-0.2, -0.15) is 4.31 Å². The Bertz CT molecular complexity index is 714. The molecule has 0 atom stereocenters. The second-order valence-corrected chi connectivity index (χ2v) is 10.5. The number of aryl methyl sites for hydroxylation is 1. The van der Waals surface area contributed by atoms with E-state index in [1.54, 1.807) is 6.07 Å². The van der Waals surface area contributed by atoms with E-state index in [2.05, 4.69) is 31.9 Å². The first kappa shape index (κ1) is 18.1. The average molecular weight is 449 g/mol. The highest BCUT2D eigenvalue weighted by Crippen LogP contribution is 2.30. The van der Waals surface area contributed by atoms with Gasteiger partial charge in [0.2, 0.25) is 10.0 Å². The standard InChI is InChI=1S/C11H15Br2NO4S2/c1-8-6-10(13)11(7-9(8)12)20(17,18)14(2)4-5-19(3,15)16/h6-7H,4-5H2,1-3H3. The molecule has 1 rings (SSSR count). The van der Waals surface area contributed by atoms with Crippen LogP contribution in [-0.4, -0.2) is 46.7 Å². The Morgan fingerprint density at radius 3 is 2.15 bits per heavy atom. The van der Waals surface area contributed by atoms with E-state index in [1.165, 1.54) is 13.1 Å². The molecule has 0 N–H and O–H groups in total. The Hall–Kier alpha value is 0.0400. The van der Waals surface area contributed by atoms with Crippen molar-refractivity contribution in [1.29, 1.82) is 0 Å². The minimum atomic E-state index is -3.74. The van der Waals surface area contributed by atoms with Crippen LogP contribution in [0.4, 0.5) is 0 Å². The zero-order valence-electron chi connectivity index (χ0n) is 11.2. The monoisotopic (exact) mass is 447 g/mol. The molecule has 0 saturated heterocycles. The van der Waals surface area contributed by atoms with Gasteiger partial charge in [-0.05, 0) is 40.5 Å². The molecular formula is C11H15Br2NO4S2. The van der Waals surface area contributed by atoms with E-state index in [-0.39, 0.29) is 17.2 Å². The Labute approximate surface area is 136 Å². The summed E-state index contributed by atoms with van der Waals surface area (Å²) in [5.74, 6) is -0.215. The Morgan fingerprint density at radius 2 is 1.65 bits per heavy atom. The van der Waals surface area contributed by atoms with Gasteiger partial charge >= 0.3 is 0 Å². The molecule has 0 saturated carbocycles. The molecule has 5 nitrogen and oxygen atoms in total. The number of sulfone groups is 1. The lowest BCUT2D eigenvalue weighted by atomic mass is 10.2. The maximum Gasteiger partial charge on any atom is 0.244 e. The summed E-state index contributed by atoms with van der Waals surface area (Å²) in [6.07, 6.45) is 1.08. The number of hydrogen-bond donors (Lipinski definition) is 0. The summed E-state index contributed by atoms with van der Waals surface area (Å²) in [4.78, 5) is 0.103. The highest BCUT2D eigenvalue weighted by Gasteiger charge is 2.25. The molecule has 20 heavy (non-hydrogen) atoms. The third kappa shape index (κ3) is 4.52. The molecule has 114 valence electrons. The third-order valence-corrected chi connectivity index (χ3v) is 7.27. The molecule has 0 amide bonds. The molecule has 0 bridgehead atoms. The first-order valence-corrected chi connectivity index (χ1v) is 10.6. The average Bonchev–Trinajstić information content (AvgIpc) is 2.29. The Kier molecular flexibility index (Phi) is 5.82. The van der Waals surface area contributed by atoms with Gasteiger partial charge in [-0.1, -0.05) is 15.9 Å². The quantitative estimate of drug-likeness (QED) is 0.692. The summed E-state index contributed by atoms with van der Waals surface area (Å²) in [6, 6.07) is 3.20. The van der Waals surface area contributed by atoms with Crippen LogP contribution < -0.4 is 0 Å². The van der Waals surface area contributed by atoms with Crippen molar-refractivity contribution in [3.05, 3.63) is 26.6 Å². The normalized spacial score (nSPS) is 12.9. The number of benzene rings is 1. The van der Waals surface area contributed by atoms with Crippen LogP contribution in [0.1, 0.15) is 5.56 Å². The Balaban J connectivity index is 3.14. The van der Waals surface area contributed by atoms with Crippen LogP contribution in [-0.2, 0) is 19.9 Å². The van der Waals surface area contributed by atoms with Gasteiger partial charge in [-0.15, -0.1) is 0 Å². The van der Waals surface area contributed by atoms with Crippen molar-refractivity contribution in [3.8, 4) is 0 Å². The number of rotatable bonds is 5. The van der Waals surface area contributed by atoms with Crippen LogP contribution in [0.5, 0.6) is 0 Å². The molecule has 0 aliphatic rings. The summed E-state index contributed by atoms with van der Waals surface area (Å²) in [7, 11) is -5.59. The van der Waals surface area contributed by atoms with Gasteiger partial charge in [0.15, 0.2) is 0 Å². The van der Waals surface area contributed by atoms with Gasteiger partial charge in [-0.25, -0.2) is 16.8 Å². The molecule has 0 fully saturated rings. The van der Waals surface area contributed by atoms with Crippen molar-refractivity contribution in [1.82, 2.24) is 4.31 Å². The van der Waals surface area contributed by atoms with Crippen molar-refractivity contribution < 1.29 is 16.8 Å². The number of halogens is 2. The van der Waals surface area contributed by atoms with Crippen LogP contribution in [0.15, 0.2) is 26.0 Å². The largest absolute Gasteiger partial charge is 0.244 e. The first-order chi connectivity index (χ1) is 8.95. The van der Waals surface area contributed by atoms with Crippen LogP contribution in [0.25, 0.3) is 0 Å². The fraction of sp³-hybridized carbons (Fsp3) is 0.455. The molecule has 1 aromatic carbocycles. The molecule has 0 aliphatic carbocycles. The van der Waals surface area contributed by atoms with E-state index in [0.29, 0.717) is 8.95 Å². The van der Waals surface area contributed by atoms with E-state index in [4.69, 9.17) is 0 Å². The minimum Gasteiger partial charge on any atom is -0.229 e. The highest BCUT2D eigenvalue weighted by atomic mass is 79.9. The van der Waals surface area contributed by atoms with E-state index >= 15 is 0 Å². The predicted molar refractivity (Wildman–Crippen MR) is 86.1 cm³/mol. The predicted octanol–water partition coefficient (Wildman–Crippen LogP) is 2.19. The summed E-state index contributed by atoms with van der Waals surface area (Å²) in [5.41, 5.74) is 0.898. The van der Waals surface area contributed by atoms with Gasteiger partial charge in [0.25, 0.3) is 0 Å². The van der Waals surface area contributed by atoms with Crippen molar-refractivity contribution >= 4 is 51.7 Å². The zero-order valence-corrected chi connectivity index (χ0v) is 16.0. The van der Waals surface area contributed by atoms with Crippen LogP contribution in [0, 0.1) is 6.92 Å². The van der Waals surface area contributed by atoms with E-state index in [9.17, 15) is 16.8 Å². The summed E-state index contributed by atoms with van der Waals surface area (Å²) in [5, 5.41) is 0. The fourth-order valence-electron chi connectivity index (χ4n) is 1.41. The smallest absolute Gasteiger partial charge is 0.229 e. The first-order valence-electron chi connectivity index (χ1n) is 5.55. The number of nitrogens with zero attached hydrogens (tertiary/aromatic N) is 1. The van der Waals surface area contributed by atoms with Crippen molar-refractivity contribution in [2.24, 2.45) is 0 Å². The summed E-state index contributed by atoms with van der Waals surface area (Å²) < 4.78 is 49.2. The van der Waals surface area contributed by atoms with Crippen LogP contribution >= 0.6 is 31.9 Å². The molecular weight excluding hydrogens is 434 g/mol. The van der Waals surface area contributed by atoms with E-state index < -0.39 is 19.9 Å². The fourth-order valence-corrected chi connectivity index (χ4v) is 4.94. The highest BCUT2D eigenvalue weighted by molar-refractivity contribution is 9.11. The maximum atomic E-state index is 12.4. The second kappa shape index (κ2) is 6.43. The molecule has 0 radical (unpaired) electrons. The van der Waals surface area contributed by atoms with Crippen molar-refractivity contribution in [2.45, 2.75) is 11.8 Å². The molecule has 0 aliphatic heterocycles. The van der Waals surface area contributed by atoms with E-state index in [1.807, 2.05) is 6.92 Å². The van der Waals surface area contributed by atoms with Crippen molar-refractivity contribution in [2.75, 3.05) is 25.6 Å². The zero-order chi connectivity index (χ0) is 15.7. The number of hydrogen-bond acceptors (Lipinski definition) is 4. The lowest BCUT2D eigenvalue weighted by Crippen LogP contribution is -2.31. The molecule has 0 spiro atoms. The lowest BCUT2D eigenvalue weighted by molar-refractivity contribution is 0.484. The van der Waals surface area contributed by atoms with E-state index in [0.717, 1.165) is 16.1 Å². The topological polar surface area (TPSA) is 71.5 Å². The van der Waals surface area contributed by atoms with Gasteiger partial charge in [0.05, 0.1) is 10.6 Å². The summed E-state index contributed by atoms with van der Waals surface area (Å²) in [6.45, 7) is 1.76. The molecule has 0 aromatic heterocycles. The van der Waals surface area contributed by atoms with Crippen LogP contribution in [0.3, 0.4) is 0 Å². The Morgan fingerprint density at radius 1 is 1.10 bits per heavy atom. The molecule has 1 aromatic rings. The van der Waals surface area contributed by atoms with Gasteiger partial charge < -0.3 is 0 Å².